The largest absolute Gasteiger partial charge is 0.372 e. The molecule has 1 fully saturated rings. The predicted octanol–water partition coefficient (Wildman–Crippen LogP) is 5.01. The molecule has 3 heterocycles. The summed E-state index contributed by atoms with van der Waals surface area (Å²) in [5.41, 5.74) is 4.82. The first kappa shape index (κ1) is 20.4. The summed E-state index contributed by atoms with van der Waals surface area (Å²) in [6.45, 7) is 5.87. The highest BCUT2D eigenvalue weighted by Crippen LogP contribution is 2.28. The number of anilines is 1. The highest BCUT2D eigenvalue weighted by atomic mass is 19.1. The third-order valence-electron chi connectivity index (χ3n) is 5.92. The summed E-state index contributed by atoms with van der Waals surface area (Å²) in [4.78, 5) is 22.6. The van der Waals surface area contributed by atoms with E-state index >= 15 is 0 Å². The summed E-state index contributed by atoms with van der Waals surface area (Å²) >= 11 is 0. The van der Waals surface area contributed by atoms with Crippen molar-refractivity contribution in [1.82, 2.24) is 9.97 Å². The van der Waals surface area contributed by atoms with Crippen LogP contribution in [0, 0.1) is 5.95 Å². The number of fused-ring (bicyclic) bond motifs is 1. The number of aromatic amines is 1. The molecule has 1 saturated heterocycles. The number of para-hydroxylation sites is 1. The van der Waals surface area contributed by atoms with Crippen LogP contribution in [0.5, 0.6) is 0 Å². The lowest BCUT2D eigenvalue weighted by molar-refractivity contribution is -0.00521. The number of H-pyrrole nitrogens is 1. The van der Waals surface area contributed by atoms with Crippen LogP contribution in [0.25, 0.3) is 33.2 Å². The number of hydrogen-bond acceptors (Lipinski definition) is 4. The van der Waals surface area contributed by atoms with Crippen molar-refractivity contribution in [2.75, 3.05) is 18.0 Å². The quantitative estimate of drug-likeness (QED) is 0.465. The third-order valence-corrected chi connectivity index (χ3v) is 5.92. The minimum Gasteiger partial charge on any atom is -0.372 e. The predicted molar refractivity (Wildman–Crippen MR) is 125 cm³/mol. The van der Waals surface area contributed by atoms with E-state index in [4.69, 9.17) is 4.74 Å². The van der Waals surface area contributed by atoms with Crippen LogP contribution in [0.1, 0.15) is 13.8 Å². The van der Waals surface area contributed by atoms with Crippen LogP contribution in [-0.4, -0.2) is 35.3 Å². The molecule has 1 aliphatic rings. The summed E-state index contributed by atoms with van der Waals surface area (Å²) in [6, 6.07) is 16.6. The summed E-state index contributed by atoms with van der Waals surface area (Å²) in [5, 5.41) is 0.587. The lowest BCUT2D eigenvalue weighted by Gasteiger charge is -2.36. The smallest absolute Gasteiger partial charge is 0.212 e. The van der Waals surface area contributed by atoms with Gasteiger partial charge in [-0.3, -0.25) is 4.79 Å². The zero-order valence-electron chi connectivity index (χ0n) is 18.0. The highest BCUT2D eigenvalue weighted by Gasteiger charge is 2.22. The molecule has 0 bridgehead atoms. The molecule has 0 unspecified atom stereocenters. The topological polar surface area (TPSA) is 58.2 Å². The van der Waals surface area contributed by atoms with Crippen molar-refractivity contribution in [2.45, 2.75) is 26.1 Å². The molecule has 162 valence electrons. The summed E-state index contributed by atoms with van der Waals surface area (Å²) in [6.07, 6.45) is 3.60. The highest BCUT2D eigenvalue weighted by molar-refractivity contribution is 5.95. The molecule has 0 aliphatic carbocycles. The van der Waals surface area contributed by atoms with Gasteiger partial charge in [-0.1, -0.05) is 24.3 Å². The maximum absolute atomic E-state index is 13.3. The van der Waals surface area contributed by atoms with Crippen molar-refractivity contribution in [3.8, 4) is 22.3 Å². The van der Waals surface area contributed by atoms with Gasteiger partial charge in [-0.05, 0) is 49.7 Å². The number of ether oxygens (including phenoxy) is 1. The van der Waals surface area contributed by atoms with E-state index in [1.165, 1.54) is 12.3 Å². The molecule has 2 aromatic heterocycles. The zero-order chi connectivity index (χ0) is 22.2. The molecule has 1 N–H and O–H groups in total. The first-order chi connectivity index (χ1) is 15.5. The van der Waals surface area contributed by atoms with Crippen molar-refractivity contribution >= 4 is 16.6 Å². The molecule has 1 aliphatic heterocycles. The molecule has 4 aromatic rings. The molecule has 6 heteroatoms. The van der Waals surface area contributed by atoms with Gasteiger partial charge >= 0.3 is 0 Å². The van der Waals surface area contributed by atoms with Gasteiger partial charge in [0.2, 0.25) is 5.95 Å². The molecule has 2 atom stereocenters. The molecule has 5 rings (SSSR count). The van der Waals surface area contributed by atoms with Crippen molar-refractivity contribution in [3.05, 3.63) is 83.2 Å². The van der Waals surface area contributed by atoms with E-state index in [9.17, 15) is 9.18 Å². The van der Waals surface area contributed by atoms with Gasteiger partial charge in [-0.15, -0.1) is 0 Å². The Hall–Kier alpha value is -3.51. The van der Waals surface area contributed by atoms with Crippen molar-refractivity contribution in [1.29, 1.82) is 0 Å². The Balaban J connectivity index is 1.50. The van der Waals surface area contributed by atoms with Gasteiger partial charge in [0.15, 0.2) is 5.43 Å². The van der Waals surface area contributed by atoms with Gasteiger partial charge in [0.05, 0.1) is 17.7 Å². The molecular formula is C26H24FN3O2. The average Bonchev–Trinajstić information content (AvgIpc) is 2.79. The average molecular weight is 429 g/mol. The van der Waals surface area contributed by atoms with Gasteiger partial charge in [-0.2, -0.15) is 4.39 Å². The minimum atomic E-state index is -0.533. The SMILES string of the molecule is C[C@@H]1CN(c2ccc(-c3c[nH]c4c(-c5ccc(F)nc5)cccc4c3=O)cc2)C[C@H](C)O1. The second kappa shape index (κ2) is 8.20. The standard InChI is InChI=1S/C26H24FN3O2/c1-16-14-30(15-17(2)32-16)20-9-6-18(7-10-20)23-13-29-25-21(4-3-5-22(25)26(23)31)19-8-11-24(27)28-12-19/h3-13,16-17H,14-15H2,1-2H3,(H,29,31)/t16-,17+. The molecule has 0 amide bonds. The van der Waals surface area contributed by atoms with Gasteiger partial charge in [-0.25, -0.2) is 4.98 Å². The first-order valence-electron chi connectivity index (χ1n) is 10.8. The van der Waals surface area contributed by atoms with Crippen LogP contribution in [-0.2, 0) is 4.74 Å². The van der Waals surface area contributed by atoms with Crippen molar-refractivity contribution < 1.29 is 9.13 Å². The van der Waals surface area contributed by atoms with Crippen LogP contribution in [0.3, 0.4) is 0 Å². The Morgan fingerprint density at radius 3 is 2.38 bits per heavy atom. The van der Waals surface area contributed by atoms with E-state index in [1.807, 2.05) is 30.3 Å². The number of nitrogens with zero attached hydrogens (tertiary/aromatic N) is 2. The van der Waals surface area contributed by atoms with E-state index in [-0.39, 0.29) is 17.6 Å². The normalized spacial score (nSPS) is 18.8. The van der Waals surface area contributed by atoms with Gasteiger partial charge < -0.3 is 14.6 Å². The second-order valence-corrected chi connectivity index (χ2v) is 8.34. The minimum absolute atomic E-state index is 0.0444. The number of morpholine rings is 1. The monoisotopic (exact) mass is 429 g/mol. The van der Waals surface area contributed by atoms with Crippen LogP contribution in [0.4, 0.5) is 10.1 Å². The number of nitrogens with one attached hydrogen (secondary N) is 1. The zero-order valence-corrected chi connectivity index (χ0v) is 18.0. The van der Waals surface area contributed by atoms with E-state index in [0.717, 1.165) is 35.5 Å². The van der Waals surface area contributed by atoms with Crippen LogP contribution >= 0.6 is 0 Å². The number of hydrogen-bond donors (Lipinski definition) is 1. The van der Waals surface area contributed by atoms with Gasteiger partial charge in [0.25, 0.3) is 0 Å². The summed E-state index contributed by atoms with van der Waals surface area (Å²) in [7, 11) is 0. The maximum atomic E-state index is 13.3. The number of rotatable bonds is 3. The fraction of sp³-hybridized carbons (Fsp3) is 0.231. The van der Waals surface area contributed by atoms with Gasteiger partial charge in [0, 0.05) is 53.2 Å². The summed E-state index contributed by atoms with van der Waals surface area (Å²) < 4.78 is 19.1. The summed E-state index contributed by atoms with van der Waals surface area (Å²) in [5.74, 6) is -0.533. The number of benzene rings is 2. The molecular weight excluding hydrogens is 405 g/mol. The number of pyridine rings is 2. The van der Waals surface area contributed by atoms with E-state index in [0.29, 0.717) is 16.5 Å². The molecule has 0 radical (unpaired) electrons. The van der Waals surface area contributed by atoms with Crippen LogP contribution in [0.15, 0.2) is 71.8 Å². The molecule has 32 heavy (non-hydrogen) atoms. The first-order valence-corrected chi connectivity index (χ1v) is 10.8. The number of halogens is 1. The third kappa shape index (κ3) is 3.78. The fourth-order valence-corrected chi connectivity index (χ4v) is 4.48. The van der Waals surface area contributed by atoms with E-state index in [2.05, 4.69) is 40.8 Å². The van der Waals surface area contributed by atoms with Crippen LogP contribution < -0.4 is 10.3 Å². The van der Waals surface area contributed by atoms with Crippen molar-refractivity contribution in [2.24, 2.45) is 0 Å². The van der Waals surface area contributed by atoms with Gasteiger partial charge in [0.1, 0.15) is 0 Å². The Labute approximate surface area is 185 Å². The fourth-order valence-electron chi connectivity index (χ4n) is 4.48. The Morgan fingerprint density at radius 2 is 1.69 bits per heavy atom. The molecule has 2 aromatic carbocycles. The van der Waals surface area contributed by atoms with Crippen molar-refractivity contribution in [3.63, 3.8) is 0 Å². The number of aromatic nitrogens is 2. The Kier molecular flexibility index (Phi) is 5.23. The lowest BCUT2D eigenvalue weighted by Crippen LogP contribution is -2.45. The Morgan fingerprint density at radius 1 is 0.969 bits per heavy atom. The maximum Gasteiger partial charge on any atom is 0.212 e. The second-order valence-electron chi connectivity index (χ2n) is 8.34. The molecule has 5 nitrogen and oxygen atoms in total. The molecule has 0 spiro atoms. The molecule has 0 saturated carbocycles. The lowest BCUT2D eigenvalue weighted by atomic mass is 10.00. The van der Waals surface area contributed by atoms with E-state index in [1.54, 1.807) is 12.3 Å². The van der Waals surface area contributed by atoms with E-state index < -0.39 is 5.95 Å². The van der Waals surface area contributed by atoms with Crippen LogP contribution in [0.2, 0.25) is 0 Å². The Bertz CT molecular complexity index is 1310.